The molecule has 2 aromatic rings. The van der Waals surface area contributed by atoms with Crippen molar-refractivity contribution in [2.24, 2.45) is 0 Å². The van der Waals surface area contributed by atoms with E-state index in [1.807, 2.05) is 17.0 Å². The molecule has 6 heteroatoms. The molecular formula is C16H19N5O. The summed E-state index contributed by atoms with van der Waals surface area (Å²) in [5, 5.41) is 3.07. The van der Waals surface area contributed by atoms with E-state index in [-0.39, 0.29) is 11.9 Å². The summed E-state index contributed by atoms with van der Waals surface area (Å²) in [6.45, 7) is 1.37. The Morgan fingerprint density at radius 2 is 2.00 bits per heavy atom. The van der Waals surface area contributed by atoms with Crippen LogP contribution in [-0.4, -0.2) is 38.8 Å². The monoisotopic (exact) mass is 297 g/mol. The van der Waals surface area contributed by atoms with Gasteiger partial charge in [-0.05, 0) is 36.6 Å². The standard InChI is InChI=1S/C16H19N5O/c22-15(6-11-20-16-18-7-2-8-19-16)21-12-1-3-14(21)13-4-9-17-10-5-13/h2,4-5,7-10,14H,1,3,6,11-12H2,(H,18,19,20)/t14-/m0/s1. The zero-order valence-corrected chi connectivity index (χ0v) is 12.4. The first-order valence-electron chi connectivity index (χ1n) is 7.55. The molecule has 6 nitrogen and oxygen atoms in total. The average molecular weight is 297 g/mol. The summed E-state index contributed by atoms with van der Waals surface area (Å²) in [7, 11) is 0. The van der Waals surface area contributed by atoms with E-state index >= 15 is 0 Å². The maximum absolute atomic E-state index is 12.4. The molecule has 114 valence electrons. The minimum Gasteiger partial charge on any atom is -0.354 e. The summed E-state index contributed by atoms with van der Waals surface area (Å²) in [5.74, 6) is 0.727. The lowest BCUT2D eigenvalue weighted by Crippen LogP contribution is -2.31. The highest BCUT2D eigenvalue weighted by molar-refractivity contribution is 5.77. The molecule has 1 atom stereocenters. The van der Waals surface area contributed by atoms with Crippen molar-refractivity contribution in [3.8, 4) is 0 Å². The van der Waals surface area contributed by atoms with E-state index in [1.54, 1.807) is 30.9 Å². The Morgan fingerprint density at radius 3 is 2.77 bits per heavy atom. The molecular weight excluding hydrogens is 278 g/mol. The SMILES string of the molecule is O=C(CCNc1ncccn1)N1CCC[C@H]1c1ccncc1. The number of likely N-dealkylation sites (tertiary alicyclic amines) is 1. The number of hydrogen-bond donors (Lipinski definition) is 1. The van der Waals surface area contributed by atoms with E-state index in [1.165, 1.54) is 5.56 Å². The summed E-state index contributed by atoms with van der Waals surface area (Å²) >= 11 is 0. The van der Waals surface area contributed by atoms with Gasteiger partial charge in [0.2, 0.25) is 11.9 Å². The lowest BCUT2D eigenvalue weighted by molar-refractivity contribution is -0.131. The number of aromatic nitrogens is 3. The molecule has 22 heavy (non-hydrogen) atoms. The van der Waals surface area contributed by atoms with Gasteiger partial charge in [-0.1, -0.05) is 0 Å². The molecule has 0 unspecified atom stereocenters. The molecule has 1 aliphatic heterocycles. The summed E-state index contributed by atoms with van der Waals surface area (Å²) < 4.78 is 0. The molecule has 2 aromatic heterocycles. The smallest absolute Gasteiger partial charge is 0.224 e. The first-order valence-corrected chi connectivity index (χ1v) is 7.55. The largest absolute Gasteiger partial charge is 0.354 e. The molecule has 0 radical (unpaired) electrons. The van der Waals surface area contributed by atoms with Gasteiger partial charge >= 0.3 is 0 Å². The molecule has 0 spiro atoms. The van der Waals surface area contributed by atoms with Gasteiger partial charge in [0, 0.05) is 44.3 Å². The quantitative estimate of drug-likeness (QED) is 0.914. The van der Waals surface area contributed by atoms with Crippen molar-refractivity contribution < 1.29 is 4.79 Å². The molecule has 0 saturated carbocycles. The number of rotatable bonds is 5. The van der Waals surface area contributed by atoms with Crippen LogP contribution in [0.4, 0.5) is 5.95 Å². The second-order valence-electron chi connectivity index (χ2n) is 5.27. The number of nitrogens with one attached hydrogen (secondary N) is 1. The van der Waals surface area contributed by atoms with Gasteiger partial charge in [0.15, 0.2) is 0 Å². The second kappa shape index (κ2) is 6.98. The van der Waals surface area contributed by atoms with Crippen molar-refractivity contribution in [3.05, 3.63) is 48.5 Å². The van der Waals surface area contributed by atoms with Gasteiger partial charge in [-0.2, -0.15) is 0 Å². The Hall–Kier alpha value is -2.50. The Labute approximate surface area is 129 Å². The Bertz CT molecular complexity index is 604. The van der Waals surface area contributed by atoms with Crippen LogP contribution in [0.2, 0.25) is 0 Å². The van der Waals surface area contributed by atoms with Gasteiger partial charge < -0.3 is 10.2 Å². The van der Waals surface area contributed by atoms with E-state index in [2.05, 4.69) is 20.3 Å². The van der Waals surface area contributed by atoms with Crippen LogP contribution in [0.5, 0.6) is 0 Å². The number of hydrogen-bond acceptors (Lipinski definition) is 5. The minimum absolute atomic E-state index is 0.169. The topological polar surface area (TPSA) is 71.0 Å². The van der Waals surface area contributed by atoms with E-state index < -0.39 is 0 Å². The van der Waals surface area contributed by atoms with Gasteiger partial charge in [-0.15, -0.1) is 0 Å². The van der Waals surface area contributed by atoms with Gasteiger partial charge in [0.1, 0.15) is 0 Å². The van der Waals surface area contributed by atoms with Gasteiger partial charge in [-0.25, -0.2) is 9.97 Å². The molecule has 0 aliphatic carbocycles. The van der Waals surface area contributed by atoms with Gasteiger partial charge in [-0.3, -0.25) is 9.78 Å². The second-order valence-corrected chi connectivity index (χ2v) is 5.27. The number of amides is 1. The van der Waals surface area contributed by atoms with Gasteiger partial charge in [0.05, 0.1) is 6.04 Å². The van der Waals surface area contributed by atoms with Crippen LogP contribution in [0.25, 0.3) is 0 Å². The van der Waals surface area contributed by atoms with Crippen molar-refractivity contribution in [1.82, 2.24) is 19.9 Å². The normalized spacial score (nSPS) is 17.5. The average Bonchev–Trinajstić information content (AvgIpc) is 3.06. The highest BCUT2D eigenvalue weighted by atomic mass is 16.2. The third-order valence-electron chi connectivity index (χ3n) is 3.85. The summed E-state index contributed by atoms with van der Waals surface area (Å²) in [5.41, 5.74) is 1.17. The fourth-order valence-corrected chi connectivity index (χ4v) is 2.81. The summed E-state index contributed by atoms with van der Waals surface area (Å²) in [4.78, 5) is 26.6. The van der Waals surface area contributed by atoms with E-state index in [4.69, 9.17) is 0 Å². The van der Waals surface area contributed by atoms with Gasteiger partial charge in [0.25, 0.3) is 0 Å². The van der Waals surface area contributed by atoms with Crippen LogP contribution < -0.4 is 5.32 Å². The molecule has 1 saturated heterocycles. The third kappa shape index (κ3) is 3.39. The fraction of sp³-hybridized carbons (Fsp3) is 0.375. The Morgan fingerprint density at radius 1 is 1.23 bits per heavy atom. The Balaban J connectivity index is 1.55. The van der Waals surface area contributed by atoms with Crippen LogP contribution in [0, 0.1) is 0 Å². The molecule has 1 fully saturated rings. The zero-order chi connectivity index (χ0) is 15.2. The highest BCUT2D eigenvalue weighted by Gasteiger charge is 2.29. The number of pyridine rings is 1. The number of nitrogens with zero attached hydrogens (tertiary/aromatic N) is 4. The first kappa shape index (κ1) is 14.4. The molecule has 3 rings (SSSR count). The number of anilines is 1. The first-order chi connectivity index (χ1) is 10.8. The van der Waals surface area contributed by atoms with Crippen LogP contribution in [0.15, 0.2) is 43.0 Å². The maximum atomic E-state index is 12.4. The van der Waals surface area contributed by atoms with Crippen molar-refractivity contribution in [3.63, 3.8) is 0 Å². The number of carbonyl (C=O) groups is 1. The number of carbonyl (C=O) groups excluding carboxylic acids is 1. The summed E-state index contributed by atoms with van der Waals surface area (Å²) in [6.07, 6.45) is 9.43. The predicted octanol–water partition coefficient (Wildman–Crippen LogP) is 2.04. The molecule has 1 amide bonds. The van der Waals surface area contributed by atoms with E-state index in [9.17, 15) is 4.79 Å². The zero-order valence-electron chi connectivity index (χ0n) is 12.4. The molecule has 0 aromatic carbocycles. The van der Waals surface area contributed by atoms with Crippen LogP contribution in [0.3, 0.4) is 0 Å². The molecule has 1 N–H and O–H groups in total. The van der Waals surface area contributed by atoms with Crippen molar-refractivity contribution >= 4 is 11.9 Å². The molecule has 3 heterocycles. The van der Waals surface area contributed by atoms with Crippen molar-refractivity contribution in [2.75, 3.05) is 18.4 Å². The van der Waals surface area contributed by atoms with E-state index in [0.29, 0.717) is 18.9 Å². The van der Waals surface area contributed by atoms with Crippen molar-refractivity contribution in [1.29, 1.82) is 0 Å². The minimum atomic E-state index is 0.169. The van der Waals surface area contributed by atoms with Crippen LogP contribution in [-0.2, 0) is 4.79 Å². The maximum Gasteiger partial charge on any atom is 0.224 e. The summed E-state index contributed by atoms with van der Waals surface area (Å²) in [6, 6.07) is 5.93. The lowest BCUT2D eigenvalue weighted by atomic mass is 10.1. The molecule has 0 bridgehead atoms. The third-order valence-corrected chi connectivity index (χ3v) is 3.85. The lowest BCUT2D eigenvalue weighted by Gasteiger charge is -2.25. The van der Waals surface area contributed by atoms with Crippen LogP contribution >= 0.6 is 0 Å². The molecule has 1 aliphatic rings. The van der Waals surface area contributed by atoms with Crippen LogP contribution in [0.1, 0.15) is 30.9 Å². The van der Waals surface area contributed by atoms with E-state index in [0.717, 1.165) is 19.4 Å². The fourth-order valence-electron chi connectivity index (χ4n) is 2.81. The Kier molecular flexibility index (Phi) is 4.58. The predicted molar refractivity (Wildman–Crippen MR) is 83.1 cm³/mol. The highest BCUT2D eigenvalue weighted by Crippen LogP contribution is 2.31. The van der Waals surface area contributed by atoms with Crippen molar-refractivity contribution in [2.45, 2.75) is 25.3 Å².